The Morgan fingerprint density at radius 3 is 2.70 bits per heavy atom. The van der Waals surface area contributed by atoms with Crippen molar-refractivity contribution in [1.82, 2.24) is 4.72 Å². The summed E-state index contributed by atoms with van der Waals surface area (Å²) in [4.78, 5) is 0.205. The van der Waals surface area contributed by atoms with Gasteiger partial charge >= 0.3 is 0 Å². The van der Waals surface area contributed by atoms with Gasteiger partial charge in [-0.1, -0.05) is 17.9 Å². The molecule has 0 radical (unpaired) electrons. The molecule has 0 amide bonds. The minimum atomic E-state index is -3.55. The average Bonchev–Trinajstić information content (AvgIpc) is 3.20. The molecule has 0 aromatic heterocycles. The molecular formula is C15H19NO3S. The smallest absolute Gasteiger partial charge is 0.241 e. The molecule has 1 aliphatic carbocycles. The van der Waals surface area contributed by atoms with E-state index in [9.17, 15) is 8.42 Å². The summed E-state index contributed by atoms with van der Waals surface area (Å²) in [7, 11) is -3.55. The van der Waals surface area contributed by atoms with Crippen molar-refractivity contribution >= 4 is 10.0 Å². The van der Waals surface area contributed by atoms with E-state index in [0.29, 0.717) is 11.5 Å². The molecule has 4 nitrogen and oxygen atoms in total. The molecule has 5 heteroatoms. The Hall–Kier alpha value is -1.35. The first-order valence-corrected chi connectivity index (χ1v) is 8.07. The van der Waals surface area contributed by atoms with Crippen LogP contribution in [0.15, 0.2) is 29.2 Å². The third-order valence-corrected chi connectivity index (χ3v) is 5.12. The largest absolute Gasteiger partial charge is 0.384 e. The first kappa shape index (κ1) is 15.0. The molecule has 1 aromatic carbocycles. The van der Waals surface area contributed by atoms with Gasteiger partial charge in [-0.25, -0.2) is 13.1 Å². The number of nitrogens with one attached hydrogen (secondary N) is 1. The number of benzene rings is 1. The fraction of sp³-hybridized carbons (Fsp3) is 0.467. The van der Waals surface area contributed by atoms with Crippen molar-refractivity contribution in [1.29, 1.82) is 0 Å². The van der Waals surface area contributed by atoms with Gasteiger partial charge in [0.25, 0.3) is 0 Å². The van der Waals surface area contributed by atoms with E-state index in [1.807, 2.05) is 13.8 Å². The van der Waals surface area contributed by atoms with E-state index in [1.165, 1.54) is 6.07 Å². The number of aliphatic hydroxyl groups excluding tert-OH is 1. The molecule has 0 heterocycles. The molecule has 0 atom stereocenters. The molecule has 1 saturated carbocycles. The maximum absolute atomic E-state index is 12.4. The van der Waals surface area contributed by atoms with Crippen LogP contribution in [0.4, 0.5) is 0 Å². The molecule has 2 rings (SSSR count). The summed E-state index contributed by atoms with van der Waals surface area (Å²) in [5.41, 5.74) is 0.150. The first-order chi connectivity index (χ1) is 9.35. The van der Waals surface area contributed by atoms with Gasteiger partial charge in [-0.3, -0.25) is 0 Å². The third-order valence-electron chi connectivity index (χ3n) is 3.45. The molecule has 2 N–H and O–H groups in total. The standard InChI is InChI=1S/C15H19NO3S/c1-15(2,13-8-9-13)16-20(18,19)14-7-3-5-12(11-14)6-4-10-17/h3,5,7,11,13,16-17H,8-10H2,1-2H3. The van der Waals surface area contributed by atoms with Gasteiger partial charge in [-0.15, -0.1) is 0 Å². The number of rotatable bonds is 4. The summed E-state index contributed by atoms with van der Waals surface area (Å²) in [6.45, 7) is 3.58. The molecular weight excluding hydrogens is 274 g/mol. The van der Waals surface area contributed by atoms with Crippen molar-refractivity contribution < 1.29 is 13.5 Å². The highest BCUT2D eigenvalue weighted by molar-refractivity contribution is 7.89. The summed E-state index contributed by atoms with van der Waals surface area (Å²) in [6.07, 6.45) is 2.13. The minimum Gasteiger partial charge on any atom is -0.384 e. The van der Waals surface area contributed by atoms with Crippen LogP contribution in [0, 0.1) is 17.8 Å². The fourth-order valence-electron chi connectivity index (χ4n) is 2.18. The predicted molar refractivity (Wildman–Crippen MR) is 77.5 cm³/mol. The summed E-state index contributed by atoms with van der Waals surface area (Å²) >= 11 is 0. The number of hydrogen-bond donors (Lipinski definition) is 2. The molecule has 1 aliphatic rings. The van der Waals surface area contributed by atoms with Crippen molar-refractivity contribution in [2.45, 2.75) is 37.1 Å². The maximum Gasteiger partial charge on any atom is 0.241 e. The van der Waals surface area contributed by atoms with E-state index in [4.69, 9.17) is 5.11 Å². The van der Waals surface area contributed by atoms with Crippen LogP contribution in [0.25, 0.3) is 0 Å². The van der Waals surface area contributed by atoms with Crippen LogP contribution in [0.5, 0.6) is 0 Å². The minimum absolute atomic E-state index is 0.205. The van der Waals surface area contributed by atoms with Crippen LogP contribution < -0.4 is 4.72 Å². The molecule has 0 saturated heterocycles. The number of sulfonamides is 1. The summed E-state index contributed by atoms with van der Waals surface area (Å²) in [5, 5.41) is 8.67. The van der Waals surface area contributed by atoms with Crippen molar-refractivity contribution in [3.63, 3.8) is 0 Å². The lowest BCUT2D eigenvalue weighted by Crippen LogP contribution is -2.45. The second kappa shape index (κ2) is 5.57. The van der Waals surface area contributed by atoms with Gasteiger partial charge in [0.1, 0.15) is 6.61 Å². The van der Waals surface area contributed by atoms with Crippen LogP contribution >= 0.6 is 0 Å². The van der Waals surface area contributed by atoms with E-state index in [0.717, 1.165) is 12.8 Å². The zero-order chi connectivity index (χ0) is 14.8. The highest BCUT2D eigenvalue weighted by Gasteiger charge is 2.40. The number of aliphatic hydroxyl groups is 1. The monoisotopic (exact) mass is 293 g/mol. The van der Waals surface area contributed by atoms with E-state index < -0.39 is 15.6 Å². The van der Waals surface area contributed by atoms with Crippen LogP contribution in [0.1, 0.15) is 32.3 Å². The zero-order valence-electron chi connectivity index (χ0n) is 11.7. The Labute approximate surface area is 120 Å². The van der Waals surface area contributed by atoms with Crippen LogP contribution in [0.3, 0.4) is 0 Å². The third kappa shape index (κ3) is 3.60. The lowest BCUT2D eigenvalue weighted by atomic mass is 10.0. The van der Waals surface area contributed by atoms with Crippen molar-refractivity contribution in [2.75, 3.05) is 6.61 Å². The average molecular weight is 293 g/mol. The maximum atomic E-state index is 12.4. The Kier molecular flexibility index (Phi) is 4.19. The quantitative estimate of drug-likeness (QED) is 0.827. The molecule has 108 valence electrons. The lowest BCUT2D eigenvalue weighted by Gasteiger charge is -2.25. The molecule has 20 heavy (non-hydrogen) atoms. The lowest BCUT2D eigenvalue weighted by molar-refractivity contribution is 0.350. The molecule has 0 bridgehead atoms. The van der Waals surface area contributed by atoms with Crippen LogP contribution in [-0.2, 0) is 10.0 Å². The number of hydrogen-bond acceptors (Lipinski definition) is 3. The van der Waals surface area contributed by atoms with E-state index in [-0.39, 0.29) is 11.5 Å². The molecule has 0 spiro atoms. The second-order valence-electron chi connectivity index (χ2n) is 5.59. The predicted octanol–water partition coefficient (Wildman–Crippen LogP) is 1.50. The molecule has 0 aliphatic heterocycles. The molecule has 1 fully saturated rings. The topological polar surface area (TPSA) is 66.4 Å². The molecule has 0 unspecified atom stereocenters. The van der Waals surface area contributed by atoms with E-state index >= 15 is 0 Å². The van der Waals surface area contributed by atoms with Gasteiger partial charge in [0, 0.05) is 11.1 Å². The van der Waals surface area contributed by atoms with Crippen molar-refractivity contribution in [3.8, 4) is 11.8 Å². The van der Waals surface area contributed by atoms with Gasteiger partial charge in [-0.2, -0.15) is 0 Å². The molecule has 1 aromatic rings. The van der Waals surface area contributed by atoms with Crippen LogP contribution in [-0.4, -0.2) is 25.7 Å². The van der Waals surface area contributed by atoms with E-state index in [1.54, 1.807) is 18.2 Å². The Morgan fingerprint density at radius 1 is 1.40 bits per heavy atom. The first-order valence-electron chi connectivity index (χ1n) is 6.59. The summed E-state index contributed by atoms with van der Waals surface area (Å²) in [6, 6.07) is 6.44. The highest BCUT2D eigenvalue weighted by atomic mass is 32.2. The van der Waals surface area contributed by atoms with Crippen molar-refractivity contribution in [3.05, 3.63) is 29.8 Å². The van der Waals surface area contributed by atoms with Gasteiger partial charge in [0.15, 0.2) is 0 Å². The Bertz CT molecular complexity index is 649. The SMILES string of the molecule is CC(C)(NS(=O)(=O)c1cccc(C#CCO)c1)C1CC1. The Balaban J connectivity index is 2.25. The van der Waals surface area contributed by atoms with E-state index in [2.05, 4.69) is 16.6 Å². The van der Waals surface area contributed by atoms with Crippen LogP contribution in [0.2, 0.25) is 0 Å². The van der Waals surface area contributed by atoms with Gasteiger partial charge in [-0.05, 0) is 50.8 Å². The van der Waals surface area contributed by atoms with Gasteiger partial charge in [0.2, 0.25) is 10.0 Å². The normalized spacial score (nSPS) is 15.6. The van der Waals surface area contributed by atoms with Crippen molar-refractivity contribution in [2.24, 2.45) is 5.92 Å². The van der Waals surface area contributed by atoms with Gasteiger partial charge in [0.05, 0.1) is 4.90 Å². The fourth-order valence-corrected chi connectivity index (χ4v) is 3.69. The second-order valence-corrected chi connectivity index (χ2v) is 7.27. The summed E-state index contributed by atoms with van der Waals surface area (Å²) in [5.74, 6) is 5.63. The Morgan fingerprint density at radius 2 is 2.10 bits per heavy atom. The summed E-state index contributed by atoms with van der Waals surface area (Å²) < 4.78 is 27.6. The highest BCUT2D eigenvalue weighted by Crippen LogP contribution is 2.39. The zero-order valence-corrected chi connectivity index (χ0v) is 12.5. The van der Waals surface area contributed by atoms with Gasteiger partial charge < -0.3 is 5.11 Å².